The highest BCUT2D eigenvalue weighted by Crippen LogP contribution is 2.27. The summed E-state index contributed by atoms with van der Waals surface area (Å²) in [7, 11) is 1.74. The van der Waals surface area contributed by atoms with Gasteiger partial charge in [-0.15, -0.1) is 0 Å². The van der Waals surface area contributed by atoms with Gasteiger partial charge in [0.05, 0.1) is 6.04 Å². The van der Waals surface area contributed by atoms with Crippen molar-refractivity contribution in [3.05, 3.63) is 70.3 Å². The fourth-order valence-electron chi connectivity index (χ4n) is 2.14. The molecule has 0 spiro atoms. The van der Waals surface area contributed by atoms with E-state index in [1.165, 1.54) is 0 Å². The Morgan fingerprint density at radius 1 is 0.895 bits per heavy atom. The summed E-state index contributed by atoms with van der Waals surface area (Å²) < 4.78 is 27.7. The van der Waals surface area contributed by atoms with Gasteiger partial charge < -0.3 is 5.32 Å². The standard InChI is InChI=1S/C16H17F2N/c1-10-4-7-12(8-5-10)16(19-3)13-9-6-11(2)14(17)15(13)18/h4-9,16,19H,1-3H3. The Bertz CT molecular complexity index is 576. The molecule has 19 heavy (non-hydrogen) atoms. The lowest BCUT2D eigenvalue weighted by Gasteiger charge is -2.19. The Kier molecular flexibility index (Phi) is 3.96. The second-order valence-electron chi connectivity index (χ2n) is 4.73. The molecule has 0 aliphatic carbocycles. The molecule has 1 nitrogen and oxygen atoms in total. The number of hydrogen-bond donors (Lipinski definition) is 1. The van der Waals surface area contributed by atoms with Crippen LogP contribution in [0, 0.1) is 25.5 Å². The number of nitrogens with one attached hydrogen (secondary N) is 1. The van der Waals surface area contributed by atoms with E-state index in [0.717, 1.165) is 11.1 Å². The first-order valence-electron chi connectivity index (χ1n) is 6.23. The number of hydrogen-bond acceptors (Lipinski definition) is 1. The van der Waals surface area contributed by atoms with E-state index in [1.54, 1.807) is 26.1 Å². The molecule has 1 N–H and O–H groups in total. The van der Waals surface area contributed by atoms with Crippen LogP contribution >= 0.6 is 0 Å². The zero-order chi connectivity index (χ0) is 14.0. The summed E-state index contributed by atoms with van der Waals surface area (Å²) in [4.78, 5) is 0. The second kappa shape index (κ2) is 5.49. The van der Waals surface area contributed by atoms with Gasteiger partial charge in [-0.2, -0.15) is 0 Å². The molecule has 0 saturated carbocycles. The highest BCUT2D eigenvalue weighted by atomic mass is 19.2. The van der Waals surface area contributed by atoms with Crippen LogP contribution in [-0.4, -0.2) is 7.05 Å². The second-order valence-corrected chi connectivity index (χ2v) is 4.73. The summed E-state index contributed by atoms with van der Waals surface area (Å²) in [5.41, 5.74) is 2.69. The van der Waals surface area contributed by atoms with Gasteiger partial charge in [-0.3, -0.25) is 0 Å². The Hall–Kier alpha value is -1.74. The molecule has 2 aromatic carbocycles. The molecule has 0 radical (unpaired) electrons. The predicted molar refractivity (Wildman–Crippen MR) is 73.2 cm³/mol. The smallest absolute Gasteiger partial charge is 0.164 e. The van der Waals surface area contributed by atoms with Crippen LogP contribution in [0.3, 0.4) is 0 Å². The van der Waals surface area contributed by atoms with Crippen molar-refractivity contribution < 1.29 is 8.78 Å². The third-order valence-electron chi connectivity index (χ3n) is 3.32. The summed E-state index contributed by atoms with van der Waals surface area (Å²) in [5, 5.41) is 3.03. The van der Waals surface area contributed by atoms with Crippen molar-refractivity contribution >= 4 is 0 Å². The number of halogens is 2. The monoisotopic (exact) mass is 261 g/mol. The maximum atomic E-state index is 14.0. The molecule has 1 atom stereocenters. The van der Waals surface area contributed by atoms with Crippen molar-refractivity contribution in [1.29, 1.82) is 0 Å². The van der Waals surface area contributed by atoms with Gasteiger partial charge in [0.15, 0.2) is 11.6 Å². The molecule has 0 amide bonds. The normalized spacial score (nSPS) is 12.5. The Balaban J connectivity index is 2.48. The minimum atomic E-state index is -0.778. The van der Waals surface area contributed by atoms with E-state index < -0.39 is 11.6 Å². The summed E-state index contributed by atoms with van der Waals surface area (Å²) in [5.74, 6) is -1.55. The maximum absolute atomic E-state index is 14.0. The number of rotatable bonds is 3. The first kappa shape index (κ1) is 13.7. The van der Waals surface area contributed by atoms with Gasteiger partial charge in [-0.1, -0.05) is 42.0 Å². The van der Waals surface area contributed by atoms with Crippen LogP contribution in [0.5, 0.6) is 0 Å². The fraction of sp³-hybridized carbons (Fsp3) is 0.250. The zero-order valence-corrected chi connectivity index (χ0v) is 11.3. The molecular weight excluding hydrogens is 244 g/mol. The van der Waals surface area contributed by atoms with E-state index in [4.69, 9.17) is 0 Å². The van der Waals surface area contributed by atoms with Gasteiger partial charge in [-0.05, 0) is 32.0 Å². The number of benzene rings is 2. The van der Waals surface area contributed by atoms with Crippen molar-refractivity contribution in [3.63, 3.8) is 0 Å². The van der Waals surface area contributed by atoms with Gasteiger partial charge in [0.25, 0.3) is 0 Å². The highest BCUT2D eigenvalue weighted by Gasteiger charge is 2.19. The van der Waals surface area contributed by atoms with Crippen LogP contribution in [0.15, 0.2) is 36.4 Å². The molecule has 0 heterocycles. The topological polar surface area (TPSA) is 12.0 Å². The van der Waals surface area contributed by atoms with Crippen LogP contribution in [0.4, 0.5) is 8.78 Å². The molecule has 1 unspecified atom stereocenters. The average Bonchev–Trinajstić information content (AvgIpc) is 2.41. The molecule has 0 aromatic heterocycles. The molecule has 0 aliphatic rings. The van der Waals surface area contributed by atoms with E-state index in [-0.39, 0.29) is 6.04 Å². The molecule has 0 aliphatic heterocycles. The SMILES string of the molecule is CNC(c1ccc(C)cc1)c1ccc(C)c(F)c1F. The van der Waals surface area contributed by atoms with Crippen molar-refractivity contribution in [1.82, 2.24) is 5.32 Å². The van der Waals surface area contributed by atoms with Crippen LogP contribution in [0.2, 0.25) is 0 Å². The summed E-state index contributed by atoms with van der Waals surface area (Å²) in [6.45, 7) is 3.55. The maximum Gasteiger partial charge on any atom is 0.164 e. The quantitative estimate of drug-likeness (QED) is 0.883. The van der Waals surface area contributed by atoms with E-state index >= 15 is 0 Å². The zero-order valence-electron chi connectivity index (χ0n) is 11.3. The van der Waals surface area contributed by atoms with Gasteiger partial charge in [0.2, 0.25) is 0 Å². The molecule has 0 bridgehead atoms. The van der Waals surface area contributed by atoms with E-state index in [2.05, 4.69) is 5.32 Å². The van der Waals surface area contributed by atoms with Gasteiger partial charge in [0.1, 0.15) is 0 Å². The molecule has 2 rings (SSSR count). The van der Waals surface area contributed by atoms with Crippen LogP contribution < -0.4 is 5.32 Å². The van der Waals surface area contributed by atoms with E-state index in [9.17, 15) is 8.78 Å². The first-order valence-corrected chi connectivity index (χ1v) is 6.23. The molecule has 3 heteroatoms. The molecular formula is C16H17F2N. The summed E-state index contributed by atoms with van der Waals surface area (Å²) in [6, 6.07) is 10.7. The Labute approximate surface area is 112 Å². The number of aryl methyl sites for hydroxylation is 2. The van der Waals surface area contributed by atoms with Crippen LogP contribution in [0.1, 0.15) is 28.3 Å². The third-order valence-corrected chi connectivity index (χ3v) is 3.32. The van der Waals surface area contributed by atoms with Gasteiger partial charge in [-0.25, -0.2) is 8.78 Å². The molecule has 2 aromatic rings. The van der Waals surface area contributed by atoms with E-state index in [0.29, 0.717) is 11.1 Å². The molecule has 100 valence electrons. The lowest BCUT2D eigenvalue weighted by atomic mass is 9.96. The van der Waals surface area contributed by atoms with E-state index in [1.807, 2.05) is 31.2 Å². The average molecular weight is 261 g/mol. The van der Waals surface area contributed by atoms with Crippen molar-refractivity contribution in [3.8, 4) is 0 Å². The first-order chi connectivity index (χ1) is 9.04. The summed E-state index contributed by atoms with van der Waals surface area (Å²) >= 11 is 0. The lowest BCUT2D eigenvalue weighted by molar-refractivity contribution is 0.482. The summed E-state index contributed by atoms with van der Waals surface area (Å²) in [6.07, 6.45) is 0. The Morgan fingerprint density at radius 3 is 2.11 bits per heavy atom. The third kappa shape index (κ3) is 2.66. The van der Waals surface area contributed by atoms with Gasteiger partial charge in [0, 0.05) is 5.56 Å². The fourth-order valence-corrected chi connectivity index (χ4v) is 2.14. The van der Waals surface area contributed by atoms with Crippen LogP contribution in [-0.2, 0) is 0 Å². The van der Waals surface area contributed by atoms with Crippen molar-refractivity contribution in [2.75, 3.05) is 7.05 Å². The molecule has 0 saturated heterocycles. The minimum Gasteiger partial charge on any atom is -0.309 e. The van der Waals surface area contributed by atoms with Crippen LogP contribution in [0.25, 0.3) is 0 Å². The lowest BCUT2D eigenvalue weighted by Crippen LogP contribution is -2.19. The van der Waals surface area contributed by atoms with Crippen molar-refractivity contribution in [2.45, 2.75) is 19.9 Å². The Morgan fingerprint density at radius 2 is 1.53 bits per heavy atom. The highest BCUT2D eigenvalue weighted by molar-refractivity contribution is 5.36. The van der Waals surface area contributed by atoms with Crippen molar-refractivity contribution in [2.24, 2.45) is 0 Å². The largest absolute Gasteiger partial charge is 0.309 e. The minimum absolute atomic E-state index is 0.319. The molecule has 0 fully saturated rings. The van der Waals surface area contributed by atoms with Gasteiger partial charge >= 0.3 is 0 Å². The predicted octanol–water partition coefficient (Wildman–Crippen LogP) is 3.89.